The lowest BCUT2D eigenvalue weighted by atomic mass is 10.4. The van der Waals surface area contributed by atoms with E-state index in [2.05, 4.69) is 0 Å². The predicted molar refractivity (Wildman–Crippen MR) is 47.9 cm³/mol. The van der Waals surface area contributed by atoms with E-state index < -0.39 is 0 Å². The van der Waals surface area contributed by atoms with Gasteiger partial charge in [-0.25, -0.2) is 0 Å². The van der Waals surface area contributed by atoms with Crippen LogP contribution >= 0.6 is 26.9 Å². The molecule has 0 amide bonds. The van der Waals surface area contributed by atoms with Gasteiger partial charge < -0.3 is 0 Å². The van der Waals surface area contributed by atoms with E-state index >= 15 is 0 Å². The molecule has 1 aromatic carbocycles. The molecule has 0 aliphatic carbocycles. The molecule has 1 unspecified atom stereocenters. The third kappa shape index (κ3) is 4.29. The van der Waals surface area contributed by atoms with Crippen molar-refractivity contribution < 1.29 is 0 Å². The molecule has 2 heteroatoms. The number of rotatable bonds is 0. The van der Waals surface area contributed by atoms with E-state index in [0.717, 1.165) is 0 Å². The molecule has 0 heterocycles. The van der Waals surface area contributed by atoms with Crippen molar-refractivity contribution in [3.8, 4) is 0 Å². The van der Waals surface area contributed by atoms with Gasteiger partial charge in [-0.3, -0.25) is 0 Å². The average Bonchev–Trinajstić information content (AvgIpc) is 1.72. The molecule has 0 radical (unpaired) electrons. The Hall–Kier alpha value is 0.130. The van der Waals surface area contributed by atoms with E-state index in [0.29, 0.717) is 0 Å². The number of halogens is 1. The van der Waals surface area contributed by atoms with Crippen molar-refractivity contribution in [1.29, 1.82) is 0 Å². The van der Waals surface area contributed by atoms with E-state index in [-0.39, 0.29) is 26.9 Å². The first-order valence-electron chi connectivity index (χ1n) is 2.00. The first-order chi connectivity index (χ1) is 3.00. The maximum atomic E-state index is 2.00. The number of hydrogen-bond acceptors (Lipinski definition) is 0. The molecule has 1 aromatic rings. The summed E-state index contributed by atoms with van der Waals surface area (Å²) >= 11 is 0. The van der Waals surface area contributed by atoms with E-state index in [1.54, 1.807) is 0 Å². The first kappa shape index (κ1) is 11.0. The third-order valence-corrected chi connectivity index (χ3v) is 0.667. The zero-order valence-corrected chi connectivity index (χ0v) is 7.71. The van der Waals surface area contributed by atoms with E-state index in [1.165, 1.54) is 0 Å². The second-order valence-corrected chi connectivity index (χ2v) is 1.15. The molecule has 0 bridgehead atoms. The lowest BCUT2D eigenvalue weighted by Crippen LogP contribution is -1.47. The van der Waals surface area contributed by atoms with Crippen LogP contribution in [0.5, 0.6) is 0 Å². The maximum Gasteiger partial charge on any atom is -0.0623 e. The summed E-state index contributed by atoms with van der Waals surface area (Å²) in [5.41, 5.74) is 0. The minimum absolute atomic E-state index is 0. The molecule has 0 aliphatic heterocycles. The minimum atomic E-state index is 0. The van der Waals surface area contributed by atoms with Gasteiger partial charge in [0.2, 0.25) is 0 Å². The summed E-state index contributed by atoms with van der Waals surface area (Å²) in [5.74, 6) is 0. The van der Waals surface area contributed by atoms with Gasteiger partial charge in [0.25, 0.3) is 0 Å². The molecule has 8 heavy (non-hydrogen) atoms. The fourth-order valence-electron chi connectivity index (χ4n) is 0.385. The molecular formula is C6H10BrP. The van der Waals surface area contributed by atoms with Crippen molar-refractivity contribution in [2.45, 2.75) is 0 Å². The Morgan fingerprint density at radius 1 is 0.500 bits per heavy atom. The van der Waals surface area contributed by atoms with Crippen LogP contribution in [0.25, 0.3) is 0 Å². The minimum Gasteiger partial charge on any atom is -0.153 e. The summed E-state index contributed by atoms with van der Waals surface area (Å²) < 4.78 is 0. The van der Waals surface area contributed by atoms with Crippen LogP contribution < -0.4 is 0 Å². The molecule has 1 rings (SSSR count). The highest BCUT2D eigenvalue weighted by atomic mass is 79.9. The smallest absolute Gasteiger partial charge is 0.0623 e. The van der Waals surface area contributed by atoms with Gasteiger partial charge in [0.1, 0.15) is 0 Å². The summed E-state index contributed by atoms with van der Waals surface area (Å²) in [6, 6.07) is 12.0. The van der Waals surface area contributed by atoms with Crippen LogP contribution in [-0.2, 0) is 0 Å². The van der Waals surface area contributed by atoms with Gasteiger partial charge in [-0.15, -0.1) is 17.0 Å². The molecule has 0 nitrogen and oxygen atoms in total. The van der Waals surface area contributed by atoms with Gasteiger partial charge in [-0.2, -0.15) is 9.90 Å². The van der Waals surface area contributed by atoms with Crippen molar-refractivity contribution in [3.05, 3.63) is 36.4 Å². The highest BCUT2D eigenvalue weighted by Crippen LogP contribution is 1.79. The Morgan fingerprint density at radius 2 is 0.625 bits per heavy atom. The monoisotopic (exact) mass is 192 g/mol. The standard InChI is InChI=1S/C6H6.BrH.H3P/c1-2-4-6-5-3-1;;/h1-6H;1H;1H3. The zero-order chi connectivity index (χ0) is 4.24. The Kier molecular flexibility index (Phi) is 9.80. The molecule has 0 aromatic heterocycles. The Morgan fingerprint density at radius 3 is 0.750 bits per heavy atom. The third-order valence-electron chi connectivity index (χ3n) is 0.667. The molecule has 0 spiro atoms. The molecule has 1 atom stereocenters. The summed E-state index contributed by atoms with van der Waals surface area (Å²) in [5, 5.41) is 0. The van der Waals surface area contributed by atoms with Crippen molar-refractivity contribution in [2.75, 3.05) is 0 Å². The lowest BCUT2D eigenvalue weighted by Gasteiger charge is -1.69. The Labute approximate surface area is 63.7 Å². The van der Waals surface area contributed by atoms with Crippen LogP contribution in [0.1, 0.15) is 0 Å². The average molecular weight is 193 g/mol. The van der Waals surface area contributed by atoms with E-state index in [1.807, 2.05) is 36.4 Å². The van der Waals surface area contributed by atoms with Gasteiger partial charge in [0, 0.05) is 0 Å². The Balaban J connectivity index is 0. The van der Waals surface area contributed by atoms with Crippen LogP contribution in [0.15, 0.2) is 36.4 Å². The number of hydrogen-bond donors (Lipinski definition) is 0. The number of benzene rings is 1. The molecular weight excluding hydrogens is 183 g/mol. The fourth-order valence-corrected chi connectivity index (χ4v) is 0.385. The quantitative estimate of drug-likeness (QED) is 0.554. The second-order valence-electron chi connectivity index (χ2n) is 1.15. The fraction of sp³-hybridized carbons (Fsp3) is 0. The molecule has 0 N–H and O–H groups in total. The highest BCUT2D eigenvalue weighted by molar-refractivity contribution is 8.93. The maximum absolute atomic E-state index is 2.00. The topological polar surface area (TPSA) is 0 Å². The van der Waals surface area contributed by atoms with Gasteiger partial charge >= 0.3 is 0 Å². The summed E-state index contributed by atoms with van der Waals surface area (Å²) in [7, 11) is 0. The van der Waals surface area contributed by atoms with Crippen molar-refractivity contribution >= 4 is 26.9 Å². The SMILES string of the molecule is Br.P.c1ccccc1. The lowest BCUT2D eigenvalue weighted by molar-refractivity contribution is 1.72. The second kappa shape index (κ2) is 7.13. The first-order valence-corrected chi connectivity index (χ1v) is 2.00. The molecule has 0 fully saturated rings. The van der Waals surface area contributed by atoms with Gasteiger partial charge in [-0.05, 0) is 0 Å². The van der Waals surface area contributed by atoms with Crippen LogP contribution in [0.4, 0.5) is 0 Å². The van der Waals surface area contributed by atoms with Crippen molar-refractivity contribution in [2.24, 2.45) is 0 Å². The Bertz CT molecular complexity index is 80.5. The zero-order valence-electron chi connectivity index (χ0n) is 4.58. The van der Waals surface area contributed by atoms with E-state index in [9.17, 15) is 0 Å². The van der Waals surface area contributed by atoms with Gasteiger partial charge in [-0.1, -0.05) is 36.4 Å². The van der Waals surface area contributed by atoms with Crippen LogP contribution in [0.2, 0.25) is 0 Å². The van der Waals surface area contributed by atoms with Crippen LogP contribution in [0.3, 0.4) is 0 Å². The molecule has 46 valence electrons. The predicted octanol–water partition coefficient (Wildman–Crippen LogP) is 2.32. The molecule has 0 aliphatic rings. The van der Waals surface area contributed by atoms with Crippen molar-refractivity contribution in [1.82, 2.24) is 0 Å². The molecule has 0 saturated carbocycles. The van der Waals surface area contributed by atoms with Gasteiger partial charge in [0.15, 0.2) is 0 Å². The summed E-state index contributed by atoms with van der Waals surface area (Å²) in [6.07, 6.45) is 0. The molecule has 0 saturated heterocycles. The van der Waals surface area contributed by atoms with Gasteiger partial charge in [0.05, 0.1) is 0 Å². The van der Waals surface area contributed by atoms with Crippen LogP contribution in [0, 0.1) is 0 Å². The van der Waals surface area contributed by atoms with Crippen molar-refractivity contribution in [3.63, 3.8) is 0 Å². The largest absolute Gasteiger partial charge is 0.153 e. The summed E-state index contributed by atoms with van der Waals surface area (Å²) in [4.78, 5) is 0. The van der Waals surface area contributed by atoms with Crippen LogP contribution in [-0.4, -0.2) is 0 Å². The summed E-state index contributed by atoms with van der Waals surface area (Å²) in [6.45, 7) is 0. The van der Waals surface area contributed by atoms with E-state index in [4.69, 9.17) is 0 Å². The normalized spacial score (nSPS) is 6.00. The highest BCUT2D eigenvalue weighted by Gasteiger charge is 1.57.